The van der Waals surface area contributed by atoms with Crippen LogP contribution in [0.3, 0.4) is 0 Å². The number of nitriles is 1. The van der Waals surface area contributed by atoms with Crippen LogP contribution in [0, 0.1) is 17.2 Å². The molecular formula is C16H20N2O2. The Bertz CT molecular complexity index is 504. The molecular weight excluding hydrogens is 252 g/mol. The molecule has 2 atom stereocenters. The average Bonchev–Trinajstić information content (AvgIpc) is 2.49. The second kappa shape index (κ2) is 6.53. The maximum atomic E-state index is 12.3. The van der Waals surface area contributed by atoms with Crippen LogP contribution in [0.1, 0.15) is 41.6 Å². The van der Waals surface area contributed by atoms with Crippen molar-refractivity contribution in [3.8, 4) is 6.07 Å². The van der Waals surface area contributed by atoms with Crippen molar-refractivity contribution in [2.24, 2.45) is 5.92 Å². The Morgan fingerprint density at radius 1 is 1.35 bits per heavy atom. The lowest BCUT2D eigenvalue weighted by Crippen LogP contribution is -2.38. The van der Waals surface area contributed by atoms with Gasteiger partial charge in [-0.25, -0.2) is 0 Å². The zero-order valence-corrected chi connectivity index (χ0v) is 11.7. The normalized spacial score (nSPS) is 22.1. The molecule has 1 aromatic rings. The molecule has 20 heavy (non-hydrogen) atoms. The molecule has 1 aliphatic carbocycles. The van der Waals surface area contributed by atoms with Gasteiger partial charge in [-0.3, -0.25) is 4.79 Å². The van der Waals surface area contributed by atoms with E-state index in [0.717, 1.165) is 25.7 Å². The molecule has 1 N–H and O–H groups in total. The topological polar surface area (TPSA) is 64.3 Å². The molecule has 4 heteroatoms. The summed E-state index contributed by atoms with van der Waals surface area (Å²) in [6, 6.07) is 8.69. The van der Waals surface area contributed by atoms with Gasteiger partial charge in [-0.15, -0.1) is 0 Å². The molecule has 0 bridgehead atoms. The number of carbonyl (C=O) groups excluding carboxylic acids is 1. The van der Waals surface area contributed by atoms with Crippen molar-refractivity contribution in [2.45, 2.75) is 31.8 Å². The number of aliphatic hydroxyl groups is 1. The predicted octanol–water partition coefficient (Wildman–Crippen LogP) is 2.18. The van der Waals surface area contributed by atoms with E-state index in [0.29, 0.717) is 17.7 Å². The summed E-state index contributed by atoms with van der Waals surface area (Å²) < 4.78 is 0. The van der Waals surface area contributed by atoms with Crippen molar-refractivity contribution >= 4 is 5.91 Å². The fourth-order valence-corrected chi connectivity index (χ4v) is 2.74. The van der Waals surface area contributed by atoms with Gasteiger partial charge in [0.15, 0.2) is 0 Å². The number of amides is 1. The fourth-order valence-electron chi connectivity index (χ4n) is 2.74. The van der Waals surface area contributed by atoms with E-state index in [1.54, 1.807) is 36.2 Å². The van der Waals surface area contributed by atoms with Gasteiger partial charge in [-0.2, -0.15) is 5.26 Å². The van der Waals surface area contributed by atoms with Crippen LogP contribution >= 0.6 is 0 Å². The van der Waals surface area contributed by atoms with Crippen molar-refractivity contribution < 1.29 is 9.90 Å². The molecule has 1 aliphatic rings. The molecule has 0 aromatic heterocycles. The molecule has 4 nitrogen and oxygen atoms in total. The van der Waals surface area contributed by atoms with E-state index in [9.17, 15) is 9.90 Å². The molecule has 0 heterocycles. The lowest BCUT2D eigenvalue weighted by molar-refractivity contribution is 0.0451. The van der Waals surface area contributed by atoms with Crippen molar-refractivity contribution in [3.63, 3.8) is 0 Å². The van der Waals surface area contributed by atoms with E-state index in [1.165, 1.54) is 0 Å². The lowest BCUT2D eigenvalue weighted by atomic mass is 9.86. The lowest BCUT2D eigenvalue weighted by Gasteiger charge is -2.31. The minimum Gasteiger partial charge on any atom is -0.393 e. The van der Waals surface area contributed by atoms with Crippen LogP contribution in [0.25, 0.3) is 0 Å². The van der Waals surface area contributed by atoms with Gasteiger partial charge >= 0.3 is 0 Å². The van der Waals surface area contributed by atoms with Gasteiger partial charge in [0, 0.05) is 25.1 Å². The van der Waals surface area contributed by atoms with Crippen molar-refractivity contribution in [3.05, 3.63) is 35.4 Å². The van der Waals surface area contributed by atoms with Crippen molar-refractivity contribution in [2.75, 3.05) is 13.6 Å². The zero-order valence-electron chi connectivity index (χ0n) is 11.7. The molecule has 0 radical (unpaired) electrons. The summed E-state index contributed by atoms with van der Waals surface area (Å²) in [5.74, 6) is 0.114. The molecule has 106 valence electrons. The van der Waals surface area contributed by atoms with Gasteiger partial charge in [-0.05, 0) is 37.1 Å². The molecule has 1 saturated carbocycles. The minimum absolute atomic E-state index is 0.0627. The number of benzene rings is 1. The maximum Gasteiger partial charge on any atom is 0.253 e. The number of hydrogen-bond acceptors (Lipinski definition) is 3. The Hall–Kier alpha value is -1.86. The Morgan fingerprint density at radius 2 is 2.00 bits per heavy atom. The molecule has 1 amide bonds. The van der Waals surface area contributed by atoms with Crippen LogP contribution in [-0.4, -0.2) is 35.6 Å². The van der Waals surface area contributed by atoms with Gasteiger partial charge in [0.25, 0.3) is 5.91 Å². The largest absolute Gasteiger partial charge is 0.393 e. The summed E-state index contributed by atoms with van der Waals surface area (Å²) in [6.45, 7) is 0.583. The van der Waals surface area contributed by atoms with Crippen molar-refractivity contribution in [1.29, 1.82) is 5.26 Å². The summed E-state index contributed by atoms with van der Waals surface area (Å²) in [7, 11) is 1.77. The van der Waals surface area contributed by atoms with E-state index in [4.69, 9.17) is 5.26 Å². The Kier molecular flexibility index (Phi) is 4.75. The number of hydrogen-bond donors (Lipinski definition) is 1. The van der Waals surface area contributed by atoms with Crippen LogP contribution in [0.5, 0.6) is 0 Å². The van der Waals surface area contributed by atoms with E-state index in [1.807, 2.05) is 6.07 Å². The molecule has 0 spiro atoms. The van der Waals surface area contributed by atoms with Crippen LogP contribution in [0.2, 0.25) is 0 Å². The SMILES string of the molecule is CN(CC1CCCCC1O)C(=O)c1ccc(C#N)cc1. The third kappa shape index (κ3) is 3.37. The van der Waals surface area contributed by atoms with E-state index < -0.39 is 0 Å². The third-order valence-electron chi connectivity index (χ3n) is 3.98. The Balaban J connectivity index is 1.98. The fraction of sp³-hybridized carbons (Fsp3) is 0.500. The van der Waals surface area contributed by atoms with E-state index in [2.05, 4.69) is 0 Å². The average molecular weight is 272 g/mol. The standard InChI is InChI=1S/C16H20N2O2/c1-18(11-14-4-2-3-5-15(14)19)16(20)13-8-6-12(10-17)7-9-13/h6-9,14-15,19H,2-5,11H2,1H3. The zero-order chi connectivity index (χ0) is 14.5. The maximum absolute atomic E-state index is 12.3. The summed E-state index contributed by atoms with van der Waals surface area (Å²) in [5.41, 5.74) is 1.13. The molecule has 0 saturated heterocycles. The summed E-state index contributed by atoms with van der Waals surface area (Å²) in [4.78, 5) is 14.0. The highest BCUT2D eigenvalue weighted by Crippen LogP contribution is 2.25. The molecule has 2 unspecified atom stereocenters. The van der Waals surface area contributed by atoms with Crippen LogP contribution in [0.15, 0.2) is 24.3 Å². The second-order valence-corrected chi connectivity index (χ2v) is 5.49. The first kappa shape index (κ1) is 14.5. The number of carbonyl (C=O) groups is 1. The highest BCUT2D eigenvalue weighted by molar-refractivity contribution is 5.94. The number of nitrogens with zero attached hydrogens (tertiary/aromatic N) is 2. The summed E-state index contributed by atoms with van der Waals surface area (Å²) in [5, 5.41) is 18.7. The number of aliphatic hydroxyl groups excluding tert-OH is 1. The highest BCUT2D eigenvalue weighted by atomic mass is 16.3. The van der Waals surface area contributed by atoms with Gasteiger partial charge < -0.3 is 10.0 Å². The predicted molar refractivity (Wildman–Crippen MR) is 76.1 cm³/mol. The first-order valence-electron chi connectivity index (χ1n) is 7.05. The Labute approximate surface area is 119 Å². The molecule has 0 aliphatic heterocycles. The van der Waals surface area contributed by atoms with E-state index in [-0.39, 0.29) is 17.9 Å². The van der Waals surface area contributed by atoms with Gasteiger partial charge in [0.2, 0.25) is 0 Å². The van der Waals surface area contributed by atoms with Crippen LogP contribution in [-0.2, 0) is 0 Å². The molecule has 2 rings (SSSR count). The summed E-state index contributed by atoms with van der Waals surface area (Å²) in [6.07, 6.45) is 3.72. The van der Waals surface area contributed by atoms with Gasteiger partial charge in [0.1, 0.15) is 0 Å². The number of rotatable bonds is 3. The van der Waals surface area contributed by atoms with Gasteiger partial charge in [0.05, 0.1) is 17.7 Å². The van der Waals surface area contributed by atoms with Gasteiger partial charge in [-0.1, -0.05) is 12.8 Å². The quantitative estimate of drug-likeness (QED) is 0.917. The third-order valence-corrected chi connectivity index (χ3v) is 3.98. The highest BCUT2D eigenvalue weighted by Gasteiger charge is 2.25. The summed E-state index contributed by atoms with van der Waals surface area (Å²) >= 11 is 0. The smallest absolute Gasteiger partial charge is 0.253 e. The molecule has 1 aromatic carbocycles. The monoisotopic (exact) mass is 272 g/mol. The second-order valence-electron chi connectivity index (χ2n) is 5.49. The van der Waals surface area contributed by atoms with Crippen molar-refractivity contribution in [1.82, 2.24) is 4.90 Å². The first-order valence-corrected chi connectivity index (χ1v) is 7.05. The first-order chi connectivity index (χ1) is 9.61. The molecule has 1 fully saturated rings. The van der Waals surface area contributed by atoms with Crippen LogP contribution in [0.4, 0.5) is 0 Å². The minimum atomic E-state index is -0.292. The van der Waals surface area contributed by atoms with E-state index >= 15 is 0 Å². The Morgan fingerprint density at radius 3 is 2.60 bits per heavy atom. The van der Waals surface area contributed by atoms with Crippen LogP contribution < -0.4 is 0 Å².